The Labute approximate surface area is 127 Å². The van der Waals surface area contributed by atoms with E-state index in [1.807, 2.05) is 0 Å². The number of allylic oxidation sites excluding steroid dienone is 6. The Morgan fingerprint density at radius 3 is 1.85 bits per heavy atom. The standard InChI is InChI=1S/C20H34/c1-16(2)20-14-12-18(4)10-6-8-17(3)9-7-11-19(5)13-15-20/h8,10-11,16,20H,6-7,9,12-15H2,1-5H3/b17-8+,18-10+,19-11-. The molecular formula is C20H34. The van der Waals surface area contributed by atoms with E-state index in [2.05, 4.69) is 52.8 Å². The second kappa shape index (κ2) is 9.21. The highest BCUT2D eigenvalue weighted by atomic mass is 14.2. The van der Waals surface area contributed by atoms with Gasteiger partial charge in [0.1, 0.15) is 0 Å². The molecule has 20 heavy (non-hydrogen) atoms. The van der Waals surface area contributed by atoms with Gasteiger partial charge in [0.05, 0.1) is 0 Å². The van der Waals surface area contributed by atoms with E-state index < -0.39 is 0 Å². The van der Waals surface area contributed by atoms with E-state index in [1.54, 1.807) is 11.1 Å². The minimum absolute atomic E-state index is 0.811. The van der Waals surface area contributed by atoms with Gasteiger partial charge in [-0.25, -0.2) is 0 Å². The molecule has 0 aromatic rings. The highest BCUT2D eigenvalue weighted by Gasteiger charge is 2.13. The van der Waals surface area contributed by atoms with Crippen molar-refractivity contribution >= 4 is 0 Å². The third-order valence-corrected chi connectivity index (χ3v) is 4.73. The molecule has 1 aliphatic rings. The summed E-state index contributed by atoms with van der Waals surface area (Å²) in [4.78, 5) is 0. The van der Waals surface area contributed by atoms with E-state index in [0.717, 1.165) is 18.3 Å². The molecule has 114 valence electrons. The van der Waals surface area contributed by atoms with Crippen molar-refractivity contribution in [1.82, 2.24) is 0 Å². The van der Waals surface area contributed by atoms with Gasteiger partial charge in [0, 0.05) is 0 Å². The molecule has 0 N–H and O–H groups in total. The van der Waals surface area contributed by atoms with Gasteiger partial charge in [-0.05, 0) is 77.6 Å². The van der Waals surface area contributed by atoms with Crippen LogP contribution in [-0.4, -0.2) is 0 Å². The Hall–Kier alpha value is -0.780. The van der Waals surface area contributed by atoms with Crippen LogP contribution in [0.15, 0.2) is 34.9 Å². The molecule has 0 aliphatic heterocycles. The van der Waals surface area contributed by atoms with Crippen LogP contribution in [0.1, 0.15) is 79.6 Å². The Kier molecular flexibility index (Phi) is 7.95. The molecule has 1 unspecified atom stereocenters. The van der Waals surface area contributed by atoms with Crippen molar-refractivity contribution in [3.05, 3.63) is 34.9 Å². The van der Waals surface area contributed by atoms with Crippen molar-refractivity contribution in [3.8, 4) is 0 Å². The van der Waals surface area contributed by atoms with Crippen LogP contribution in [0.25, 0.3) is 0 Å². The monoisotopic (exact) mass is 274 g/mol. The molecule has 0 heteroatoms. The van der Waals surface area contributed by atoms with Crippen molar-refractivity contribution in [3.63, 3.8) is 0 Å². The van der Waals surface area contributed by atoms with E-state index in [9.17, 15) is 0 Å². The molecule has 0 bridgehead atoms. The van der Waals surface area contributed by atoms with Gasteiger partial charge in [0.25, 0.3) is 0 Å². The first-order chi connectivity index (χ1) is 9.49. The van der Waals surface area contributed by atoms with E-state index in [4.69, 9.17) is 0 Å². The van der Waals surface area contributed by atoms with E-state index in [-0.39, 0.29) is 0 Å². The Balaban J connectivity index is 2.74. The van der Waals surface area contributed by atoms with Crippen molar-refractivity contribution in [2.24, 2.45) is 11.8 Å². The minimum Gasteiger partial charge on any atom is -0.0853 e. The SMILES string of the molecule is C/C1=C/CC/C(C)=C/C/C=C(\C)CCC(C(C)C)CC1. The first-order valence-electron chi connectivity index (χ1n) is 8.46. The lowest BCUT2D eigenvalue weighted by atomic mass is 9.85. The lowest BCUT2D eigenvalue weighted by Gasteiger charge is -2.21. The fourth-order valence-corrected chi connectivity index (χ4v) is 2.95. The van der Waals surface area contributed by atoms with Crippen molar-refractivity contribution < 1.29 is 0 Å². The Morgan fingerprint density at radius 1 is 0.800 bits per heavy atom. The zero-order valence-electron chi connectivity index (χ0n) is 14.3. The molecule has 0 aromatic heterocycles. The molecule has 0 radical (unpaired) electrons. The molecule has 1 atom stereocenters. The molecule has 0 fully saturated rings. The van der Waals surface area contributed by atoms with E-state index in [0.29, 0.717) is 0 Å². The third kappa shape index (κ3) is 7.12. The molecule has 0 amide bonds. The lowest BCUT2D eigenvalue weighted by Crippen LogP contribution is -2.09. The molecular weight excluding hydrogens is 240 g/mol. The topological polar surface area (TPSA) is 0 Å². The molecule has 0 heterocycles. The smallest absolute Gasteiger partial charge is 0.0164 e. The fraction of sp³-hybridized carbons (Fsp3) is 0.700. The largest absolute Gasteiger partial charge is 0.0853 e. The average molecular weight is 274 g/mol. The molecule has 0 saturated heterocycles. The summed E-state index contributed by atoms with van der Waals surface area (Å²) in [6.45, 7) is 11.7. The van der Waals surface area contributed by atoms with Crippen LogP contribution in [0, 0.1) is 11.8 Å². The van der Waals surface area contributed by atoms with Crippen molar-refractivity contribution in [1.29, 1.82) is 0 Å². The minimum atomic E-state index is 0.811. The van der Waals surface area contributed by atoms with Crippen molar-refractivity contribution in [2.75, 3.05) is 0 Å². The predicted octanol–water partition coefficient (Wildman–Crippen LogP) is 6.84. The van der Waals surface area contributed by atoms with Crippen LogP contribution >= 0.6 is 0 Å². The van der Waals surface area contributed by atoms with Gasteiger partial charge in [-0.1, -0.05) is 48.8 Å². The summed E-state index contributed by atoms with van der Waals surface area (Å²) >= 11 is 0. The summed E-state index contributed by atoms with van der Waals surface area (Å²) in [5.41, 5.74) is 4.70. The maximum Gasteiger partial charge on any atom is -0.0164 e. The van der Waals surface area contributed by atoms with Crippen LogP contribution in [-0.2, 0) is 0 Å². The van der Waals surface area contributed by atoms with Gasteiger partial charge < -0.3 is 0 Å². The summed E-state index contributed by atoms with van der Waals surface area (Å²) < 4.78 is 0. The quantitative estimate of drug-likeness (QED) is 0.459. The first-order valence-corrected chi connectivity index (χ1v) is 8.46. The van der Waals surface area contributed by atoms with E-state index in [1.165, 1.54) is 44.1 Å². The van der Waals surface area contributed by atoms with Crippen LogP contribution in [0.2, 0.25) is 0 Å². The highest BCUT2D eigenvalue weighted by Crippen LogP contribution is 2.27. The van der Waals surface area contributed by atoms with Gasteiger partial charge in [-0.15, -0.1) is 0 Å². The summed E-state index contributed by atoms with van der Waals surface area (Å²) in [6.07, 6.45) is 16.1. The lowest BCUT2D eigenvalue weighted by molar-refractivity contribution is 0.336. The second-order valence-corrected chi connectivity index (χ2v) is 7.01. The average Bonchev–Trinajstić information content (AvgIpc) is 2.37. The zero-order valence-corrected chi connectivity index (χ0v) is 14.3. The molecule has 1 aliphatic carbocycles. The van der Waals surface area contributed by atoms with Gasteiger partial charge in [-0.2, -0.15) is 0 Å². The Morgan fingerprint density at radius 2 is 1.30 bits per heavy atom. The van der Waals surface area contributed by atoms with Gasteiger partial charge in [-0.3, -0.25) is 0 Å². The number of rotatable bonds is 1. The summed E-state index contributed by atoms with van der Waals surface area (Å²) in [7, 11) is 0. The van der Waals surface area contributed by atoms with Crippen LogP contribution in [0.4, 0.5) is 0 Å². The van der Waals surface area contributed by atoms with Gasteiger partial charge >= 0.3 is 0 Å². The second-order valence-electron chi connectivity index (χ2n) is 7.01. The van der Waals surface area contributed by atoms with Crippen LogP contribution in [0.3, 0.4) is 0 Å². The maximum absolute atomic E-state index is 2.46. The molecule has 0 nitrogen and oxygen atoms in total. The maximum atomic E-state index is 2.46. The number of hydrogen-bond acceptors (Lipinski definition) is 0. The fourth-order valence-electron chi connectivity index (χ4n) is 2.95. The van der Waals surface area contributed by atoms with Crippen LogP contribution in [0.5, 0.6) is 0 Å². The van der Waals surface area contributed by atoms with Gasteiger partial charge in [0.2, 0.25) is 0 Å². The third-order valence-electron chi connectivity index (χ3n) is 4.73. The van der Waals surface area contributed by atoms with Crippen LogP contribution < -0.4 is 0 Å². The molecule has 1 rings (SSSR count). The van der Waals surface area contributed by atoms with Gasteiger partial charge in [0.15, 0.2) is 0 Å². The number of hydrogen-bond donors (Lipinski definition) is 0. The molecule has 0 aromatic carbocycles. The first kappa shape index (κ1) is 17.3. The Bertz CT molecular complexity index is 365. The normalized spacial score (nSPS) is 31.5. The van der Waals surface area contributed by atoms with E-state index >= 15 is 0 Å². The zero-order chi connectivity index (χ0) is 15.0. The van der Waals surface area contributed by atoms with Crippen molar-refractivity contribution in [2.45, 2.75) is 79.6 Å². The predicted molar refractivity (Wildman–Crippen MR) is 91.9 cm³/mol. The molecule has 0 spiro atoms. The molecule has 0 saturated carbocycles. The summed E-state index contributed by atoms with van der Waals surface area (Å²) in [5.74, 6) is 1.69. The highest BCUT2D eigenvalue weighted by molar-refractivity contribution is 5.08. The summed E-state index contributed by atoms with van der Waals surface area (Å²) in [5, 5.41) is 0. The summed E-state index contributed by atoms with van der Waals surface area (Å²) in [6, 6.07) is 0.